The Balaban J connectivity index is 1.48. The number of hydrogen-bond donors (Lipinski definition) is 0. The van der Waals surface area contributed by atoms with E-state index in [1.165, 1.54) is 12.1 Å². The molecular weight excluding hydrogens is 481 g/mol. The van der Waals surface area contributed by atoms with Gasteiger partial charge >= 0.3 is 6.09 Å². The van der Waals surface area contributed by atoms with Crippen LogP contribution >= 0.6 is 11.6 Å². The Hall–Kier alpha value is -2.65. The number of amides is 1. The van der Waals surface area contributed by atoms with Gasteiger partial charge in [-0.3, -0.25) is 4.98 Å². The second-order valence-corrected chi connectivity index (χ2v) is 11.3. The molecule has 0 unspecified atom stereocenters. The Morgan fingerprint density at radius 2 is 1.97 bits per heavy atom. The molecule has 0 bridgehead atoms. The van der Waals surface area contributed by atoms with Gasteiger partial charge in [-0.05, 0) is 62.4 Å². The van der Waals surface area contributed by atoms with Gasteiger partial charge in [0.25, 0.3) is 0 Å². The molecule has 1 aliphatic heterocycles. The minimum atomic E-state index is -3.45. The molecule has 1 fully saturated rings. The number of carbonyl (C=O) groups is 1. The lowest BCUT2D eigenvalue weighted by Crippen LogP contribution is -2.39. The quantitative estimate of drug-likeness (QED) is 0.485. The van der Waals surface area contributed by atoms with Crippen LogP contribution in [0.5, 0.6) is 0 Å². The second kappa shape index (κ2) is 9.54. The predicted octanol–water partition coefficient (Wildman–Crippen LogP) is 5.01. The number of pyridine rings is 1. The number of benzene rings is 1. The van der Waals surface area contributed by atoms with Crippen molar-refractivity contribution in [3.8, 4) is 0 Å². The van der Waals surface area contributed by atoms with E-state index in [0.29, 0.717) is 24.0 Å². The first-order valence-electron chi connectivity index (χ1n) is 11.1. The summed E-state index contributed by atoms with van der Waals surface area (Å²) in [4.78, 5) is 18.2. The third kappa shape index (κ3) is 5.20. The minimum absolute atomic E-state index is 0.0663. The first-order chi connectivity index (χ1) is 16.0. The summed E-state index contributed by atoms with van der Waals surface area (Å²) in [6.07, 6.45) is 5.54. The molecule has 10 heteroatoms. The topological polar surface area (TPSA) is 81.5 Å². The van der Waals surface area contributed by atoms with Gasteiger partial charge in [-0.1, -0.05) is 11.6 Å². The summed E-state index contributed by atoms with van der Waals surface area (Å²) < 4.78 is 45.9. The van der Waals surface area contributed by atoms with E-state index < -0.39 is 15.7 Å². The number of piperidine rings is 1. The number of ether oxygens (including phenoxy) is 1. The number of hydrogen-bond acceptors (Lipinski definition) is 5. The summed E-state index contributed by atoms with van der Waals surface area (Å²) in [5.74, 6) is -0.278. The van der Waals surface area contributed by atoms with Gasteiger partial charge < -0.3 is 14.2 Å². The van der Waals surface area contributed by atoms with Crippen molar-refractivity contribution < 1.29 is 22.3 Å². The van der Waals surface area contributed by atoms with Crippen molar-refractivity contribution in [3.05, 3.63) is 58.8 Å². The SMILES string of the molecule is CC(C)OC(=O)N1CCC(c2cnc(Cn3ccc4cc(S(C)(=O)=O)c(Cl)cc43)c(F)c2)CC1. The Labute approximate surface area is 203 Å². The molecule has 182 valence electrons. The first-order valence-corrected chi connectivity index (χ1v) is 13.4. The molecule has 0 aliphatic carbocycles. The lowest BCUT2D eigenvalue weighted by molar-refractivity contribution is 0.0691. The summed E-state index contributed by atoms with van der Waals surface area (Å²) in [6.45, 7) is 4.94. The molecule has 3 heterocycles. The van der Waals surface area contributed by atoms with Crippen LogP contribution < -0.4 is 0 Å². The van der Waals surface area contributed by atoms with E-state index in [4.69, 9.17) is 16.3 Å². The monoisotopic (exact) mass is 507 g/mol. The normalized spacial score (nSPS) is 15.3. The second-order valence-electron chi connectivity index (χ2n) is 8.95. The molecule has 7 nitrogen and oxygen atoms in total. The van der Waals surface area contributed by atoms with Crippen LogP contribution in [0.1, 0.15) is 43.9 Å². The van der Waals surface area contributed by atoms with Gasteiger partial charge in [-0.15, -0.1) is 0 Å². The van der Waals surface area contributed by atoms with Gasteiger partial charge in [-0.25, -0.2) is 17.6 Å². The van der Waals surface area contributed by atoms with Crippen molar-refractivity contribution in [2.45, 2.75) is 50.2 Å². The lowest BCUT2D eigenvalue weighted by Gasteiger charge is -2.32. The van der Waals surface area contributed by atoms with Crippen molar-refractivity contribution in [1.29, 1.82) is 0 Å². The van der Waals surface area contributed by atoms with E-state index in [1.54, 1.807) is 34.0 Å². The highest BCUT2D eigenvalue weighted by molar-refractivity contribution is 7.90. The fraction of sp³-hybridized carbons (Fsp3) is 0.417. The van der Waals surface area contributed by atoms with Crippen LogP contribution in [0.2, 0.25) is 5.02 Å². The maximum absolute atomic E-state index is 15.0. The zero-order valence-electron chi connectivity index (χ0n) is 19.3. The van der Waals surface area contributed by atoms with E-state index >= 15 is 0 Å². The van der Waals surface area contributed by atoms with Gasteiger partial charge in [0.2, 0.25) is 0 Å². The Bertz CT molecular complexity index is 1330. The smallest absolute Gasteiger partial charge is 0.410 e. The van der Waals surface area contributed by atoms with Crippen LogP contribution in [-0.4, -0.2) is 54.4 Å². The van der Waals surface area contributed by atoms with Gasteiger partial charge in [0.05, 0.1) is 28.3 Å². The molecule has 3 aromatic rings. The molecule has 1 aliphatic rings. The molecule has 1 aromatic carbocycles. The molecule has 0 spiro atoms. The van der Waals surface area contributed by atoms with E-state index in [9.17, 15) is 17.6 Å². The number of halogens is 2. The van der Waals surface area contributed by atoms with Crippen LogP contribution in [0, 0.1) is 5.82 Å². The van der Waals surface area contributed by atoms with Gasteiger partial charge in [0.15, 0.2) is 9.84 Å². The third-order valence-electron chi connectivity index (χ3n) is 6.04. The highest BCUT2D eigenvalue weighted by Crippen LogP contribution is 2.31. The van der Waals surface area contributed by atoms with Crippen LogP contribution in [0.25, 0.3) is 10.9 Å². The van der Waals surface area contributed by atoms with Crippen LogP contribution in [0.3, 0.4) is 0 Å². The Kier molecular flexibility index (Phi) is 6.87. The molecule has 0 radical (unpaired) electrons. The van der Waals surface area contributed by atoms with Crippen LogP contribution in [0.4, 0.5) is 9.18 Å². The van der Waals surface area contributed by atoms with E-state index in [0.717, 1.165) is 24.7 Å². The van der Waals surface area contributed by atoms with Crippen molar-refractivity contribution in [2.24, 2.45) is 0 Å². The van der Waals surface area contributed by atoms with Gasteiger partial charge in [-0.2, -0.15) is 0 Å². The summed E-state index contributed by atoms with van der Waals surface area (Å²) in [6, 6.07) is 6.40. The van der Waals surface area contributed by atoms with Crippen molar-refractivity contribution in [3.63, 3.8) is 0 Å². The Morgan fingerprint density at radius 1 is 1.26 bits per heavy atom. The summed E-state index contributed by atoms with van der Waals surface area (Å²) >= 11 is 6.20. The molecule has 2 aromatic heterocycles. The first kappa shape index (κ1) is 24.5. The van der Waals surface area contributed by atoms with Crippen LogP contribution in [0.15, 0.2) is 41.6 Å². The zero-order valence-corrected chi connectivity index (χ0v) is 20.9. The molecule has 34 heavy (non-hydrogen) atoms. The molecular formula is C24H27ClFN3O4S. The van der Waals surface area contributed by atoms with Gasteiger partial charge in [0.1, 0.15) is 5.82 Å². The number of carbonyl (C=O) groups excluding carboxylic acids is 1. The van der Waals surface area contributed by atoms with Crippen molar-refractivity contribution >= 4 is 38.4 Å². The van der Waals surface area contributed by atoms with Crippen molar-refractivity contribution in [2.75, 3.05) is 19.3 Å². The number of rotatable bonds is 5. The summed E-state index contributed by atoms with van der Waals surface area (Å²) in [7, 11) is -3.45. The maximum Gasteiger partial charge on any atom is 0.410 e. The minimum Gasteiger partial charge on any atom is -0.447 e. The highest BCUT2D eigenvalue weighted by atomic mass is 35.5. The van der Waals surface area contributed by atoms with E-state index in [1.807, 2.05) is 13.8 Å². The van der Waals surface area contributed by atoms with E-state index in [-0.39, 0.29) is 40.3 Å². The third-order valence-corrected chi connectivity index (χ3v) is 7.61. The number of aromatic nitrogens is 2. The molecule has 0 N–H and O–H groups in total. The number of fused-ring (bicyclic) bond motifs is 1. The molecule has 0 atom stereocenters. The molecule has 4 rings (SSSR count). The Morgan fingerprint density at radius 3 is 2.59 bits per heavy atom. The molecule has 1 saturated heterocycles. The van der Waals surface area contributed by atoms with Gasteiger partial charge in [0, 0.05) is 42.6 Å². The molecule has 0 saturated carbocycles. The lowest BCUT2D eigenvalue weighted by atomic mass is 9.90. The number of likely N-dealkylation sites (tertiary alicyclic amines) is 1. The maximum atomic E-state index is 15.0. The molecule has 1 amide bonds. The standard InChI is InChI=1S/C24H27ClFN3O4S/c1-15(2)33-24(30)28-7-4-16(5-8-28)18-10-20(26)21(27-13-18)14-29-9-6-17-11-23(34(3,31)32)19(25)12-22(17)29/h6,9-13,15-16H,4-5,7-8,14H2,1-3H3. The van der Waals surface area contributed by atoms with E-state index in [2.05, 4.69) is 4.98 Å². The summed E-state index contributed by atoms with van der Waals surface area (Å²) in [5.41, 5.74) is 1.79. The largest absolute Gasteiger partial charge is 0.447 e. The fourth-order valence-corrected chi connectivity index (χ4v) is 5.60. The summed E-state index contributed by atoms with van der Waals surface area (Å²) in [5, 5.41) is 0.826. The van der Waals surface area contributed by atoms with Crippen molar-refractivity contribution in [1.82, 2.24) is 14.5 Å². The predicted molar refractivity (Wildman–Crippen MR) is 129 cm³/mol. The average Bonchev–Trinajstić information content (AvgIpc) is 3.15. The fourth-order valence-electron chi connectivity index (χ4n) is 4.27. The number of nitrogens with zero attached hydrogens (tertiary/aromatic N) is 3. The number of sulfone groups is 1. The highest BCUT2D eigenvalue weighted by Gasteiger charge is 2.26. The average molecular weight is 508 g/mol. The zero-order chi connectivity index (χ0) is 24.6. The van der Waals surface area contributed by atoms with Crippen LogP contribution in [-0.2, 0) is 21.1 Å².